The summed E-state index contributed by atoms with van der Waals surface area (Å²) < 4.78 is 10.2. The van der Waals surface area contributed by atoms with Crippen LogP contribution in [0.2, 0.25) is 0 Å². The van der Waals surface area contributed by atoms with Gasteiger partial charge >= 0.3 is 11.7 Å². The lowest BCUT2D eigenvalue weighted by Gasteiger charge is -2.05. The van der Waals surface area contributed by atoms with Gasteiger partial charge in [0.1, 0.15) is 0 Å². The van der Waals surface area contributed by atoms with E-state index in [1.54, 1.807) is 0 Å². The highest BCUT2D eigenvalue weighted by Gasteiger charge is 2.23. The minimum absolute atomic E-state index is 0.323. The lowest BCUT2D eigenvalue weighted by Crippen LogP contribution is -2.10. The Morgan fingerprint density at radius 3 is 2.75 bits per heavy atom. The van der Waals surface area contributed by atoms with E-state index >= 15 is 0 Å². The van der Waals surface area contributed by atoms with Crippen molar-refractivity contribution in [2.45, 2.75) is 30.9 Å². The summed E-state index contributed by atoms with van der Waals surface area (Å²) in [7, 11) is 0. The van der Waals surface area contributed by atoms with Gasteiger partial charge in [0, 0.05) is 17.1 Å². The molecule has 0 aromatic carbocycles. The summed E-state index contributed by atoms with van der Waals surface area (Å²) in [6.45, 7) is 0. The predicted octanol–water partition coefficient (Wildman–Crippen LogP) is 1.56. The number of hydrogen-bond donors (Lipinski definition) is 0. The summed E-state index contributed by atoms with van der Waals surface area (Å²) in [5, 5.41) is 0.323. The molecule has 0 aliphatic heterocycles. The van der Waals surface area contributed by atoms with E-state index in [0.717, 1.165) is 24.5 Å². The fourth-order valence-electron chi connectivity index (χ4n) is 0.999. The van der Waals surface area contributed by atoms with Gasteiger partial charge in [-0.2, -0.15) is 0 Å². The molecular formula is C6H10OS+. The summed E-state index contributed by atoms with van der Waals surface area (Å²) in [4.78, 5) is 0. The van der Waals surface area contributed by atoms with Crippen LogP contribution in [0.4, 0.5) is 0 Å². The zero-order valence-corrected chi connectivity index (χ0v) is 5.62. The van der Waals surface area contributed by atoms with Crippen LogP contribution in [-0.2, 0) is 15.9 Å². The highest BCUT2D eigenvalue weighted by atomic mass is 32.1. The molecular weight excluding hydrogens is 120 g/mol. The van der Waals surface area contributed by atoms with Crippen LogP contribution in [0, 0.1) is 6.42 Å². The third-order valence-corrected chi connectivity index (χ3v) is 2.17. The van der Waals surface area contributed by atoms with Crippen LogP contribution in [0.15, 0.2) is 0 Å². The largest absolute Gasteiger partial charge is 0.462 e. The first-order valence-electron chi connectivity index (χ1n) is 3.05. The summed E-state index contributed by atoms with van der Waals surface area (Å²) >= 11 is 0.740. The van der Waals surface area contributed by atoms with Crippen LogP contribution in [0.25, 0.3) is 0 Å². The molecule has 0 bridgehead atoms. The Labute approximate surface area is 54.0 Å². The lowest BCUT2D eigenvalue weighted by atomic mass is 10.0. The van der Waals surface area contributed by atoms with E-state index in [1.165, 1.54) is 12.8 Å². The molecule has 1 radical (unpaired) electrons. The quantitative estimate of drug-likeness (QED) is 0.492. The zero-order valence-electron chi connectivity index (χ0n) is 4.80. The number of hydrogen-bond acceptors (Lipinski definition) is 1. The van der Waals surface area contributed by atoms with Gasteiger partial charge in [-0.1, -0.05) is 6.42 Å². The maximum Gasteiger partial charge on any atom is 0.462 e. The van der Waals surface area contributed by atoms with Crippen molar-refractivity contribution < 1.29 is 4.21 Å². The second-order valence-corrected chi connectivity index (χ2v) is 2.95. The Bertz CT molecular complexity index is 76.6. The Morgan fingerprint density at radius 1 is 1.50 bits per heavy atom. The number of rotatable bonds is 1. The van der Waals surface area contributed by atoms with Crippen LogP contribution in [0.3, 0.4) is 0 Å². The van der Waals surface area contributed by atoms with Gasteiger partial charge in [0.2, 0.25) is 5.25 Å². The van der Waals surface area contributed by atoms with E-state index < -0.39 is 0 Å². The van der Waals surface area contributed by atoms with Gasteiger partial charge in [0.05, 0.1) is 0 Å². The molecule has 0 aromatic heterocycles. The summed E-state index contributed by atoms with van der Waals surface area (Å²) in [6, 6.07) is 0. The van der Waals surface area contributed by atoms with Crippen molar-refractivity contribution in [2.24, 2.45) is 0 Å². The molecule has 2 heteroatoms. The first-order chi connectivity index (χ1) is 3.93. The Balaban J connectivity index is 2.22. The summed E-state index contributed by atoms with van der Waals surface area (Å²) in [6.07, 6.45) is 6.93. The fourth-order valence-corrected chi connectivity index (χ4v) is 1.48. The van der Waals surface area contributed by atoms with Crippen molar-refractivity contribution in [3.63, 3.8) is 0 Å². The van der Waals surface area contributed by atoms with E-state index in [4.69, 9.17) is 0 Å². The predicted molar refractivity (Wildman–Crippen MR) is 34.6 cm³/mol. The molecule has 1 saturated carbocycles. The van der Waals surface area contributed by atoms with E-state index in [9.17, 15) is 4.21 Å². The minimum atomic E-state index is 0.323. The topological polar surface area (TPSA) is 17.1 Å². The third kappa shape index (κ3) is 1.51. The van der Waals surface area contributed by atoms with Crippen molar-refractivity contribution in [3.05, 3.63) is 6.42 Å². The molecule has 0 unspecified atom stereocenters. The fraction of sp³-hybridized carbons (Fsp3) is 0.833. The maximum absolute atomic E-state index is 10.2. The van der Waals surface area contributed by atoms with Gasteiger partial charge in [-0.05, 0) is 12.8 Å². The normalized spacial score (nSPS) is 23.0. The molecule has 0 N–H and O–H groups in total. The summed E-state index contributed by atoms with van der Waals surface area (Å²) in [5.74, 6) is 0. The van der Waals surface area contributed by atoms with E-state index in [1.807, 2.05) is 0 Å². The molecule has 1 aliphatic carbocycles. The maximum atomic E-state index is 10.2. The van der Waals surface area contributed by atoms with Crippen molar-refractivity contribution in [1.82, 2.24) is 0 Å². The molecule has 1 fully saturated rings. The molecule has 0 aromatic rings. The van der Waals surface area contributed by atoms with Gasteiger partial charge in [-0.3, -0.25) is 0 Å². The molecule has 0 amide bonds. The van der Waals surface area contributed by atoms with E-state index in [2.05, 4.69) is 6.42 Å². The highest BCUT2D eigenvalue weighted by molar-refractivity contribution is 7.66. The smallest absolute Gasteiger partial charge is 0.0526 e. The van der Waals surface area contributed by atoms with Gasteiger partial charge in [0.25, 0.3) is 0 Å². The second kappa shape index (κ2) is 3.13. The Kier molecular flexibility index (Phi) is 2.40. The molecule has 0 spiro atoms. The molecule has 8 heavy (non-hydrogen) atoms. The zero-order chi connectivity index (χ0) is 5.82. The third-order valence-electron chi connectivity index (χ3n) is 1.50. The van der Waals surface area contributed by atoms with Gasteiger partial charge in [-0.25, -0.2) is 0 Å². The monoisotopic (exact) mass is 130 g/mol. The Morgan fingerprint density at radius 2 is 2.38 bits per heavy atom. The molecule has 0 heterocycles. The first-order valence-corrected chi connectivity index (χ1v) is 3.86. The van der Waals surface area contributed by atoms with Gasteiger partial charge in [0.15, 0.2) is 0 Å². The minimum Gasteiger partial charge on any atom is -0.0526 e. The lowest BCUT2D eigenvalue weighted by molar-refractivity contribution is 0.568. The highest BCUT2D eigenvalue weighted by Crippen LogP contribution is 2.17. The van der Waals surface area contributed by atoms with Crippen LogP contribution in [0.5, 0.6) is 0 Å². The van der Waals surface area contributed by atoms with Crippen molar-refractivity contribution >= 4 is 11.7 Å². The van der Waals surface area contributed by atoms with Crippen LogP contribution < -0.4 is 0 Å². The van der Waals surface area contributed by atoms with Crippen LogP contribution in [-0.4, -0.2) is 5.25 Å². The molecule has 1 rings (SSSR count). The van der Waals surface area contributed by atoms with Crippen molar-refractivity contribution in [3.8, 4) is 0 Å². The molecule has 45 valence electrons. The average Bonchev–Trinajstić information content (AvgIpc) is 1.90. The SMILES string of the molecule is O=[S+][C@H]1[CH]CCCC1. The average molecular weight is 130 g/mol. The van der Waals surface area contributed by atoms with Crippen LogP contribution >= 0.6 is 0 Å². The standard InChI is InChI=1S/C6H10OS/c7-8-6-4-2-1-3-5-6/h4,6H,1-3,5H2/q+1/t6-/m0/s1. The molecule has 1 atom stereocenters. The van der Waals surface area contributed by atoms with Crippen molar-refractivity contribution in [1.29, 1.82) is 0 Å². The second-order valence-electron chi connectivity index (χ2n) is 2.15. The van der Waals surface area contributed by atoms with Crippen LogP contribution in [0.1, 0.15) is 25.7 Å². The molecule has 0 saturated heterocycles. The van der Waals surface area contributed by atoms with Gasteiger partial charge in [-0.15, -0.1) is 0 Å². The molecule has 1 aliphatic rings. The van der Waals surface area contributed by atoms with Gasteiger partial charge < -0.3 is 0 Å². The first kappa shape index (κ1) is 6.14. The summed E-state index contributed by atoms with van der Waals surface area (Å²) in [5.41, 5.74) is 0. The van der Waals surface area contributed by atoms with Crippen molar-refractivity contribution in [2.75, 3.05) is 0 Å². The molecule has 1 nitrogen and oxygen atoms in total. The Hall–Kier alpha value is 0.0200. The van der Waals surface area contributed by atoms with E-state index in [-0.39, 0.29) is 0 Å². The van der Waals surface area contributed by atoms with E-state index in [0.29, 0.717) is 5.25 Å².